The molecule has 4 aromatic rings. The highest BCUT2D eigenvalue weighted by atomic mass is 32.1. The molecule has 0 aliphatic heterocycles. The summed E-state index contributed by atoms with van der Waals surface area (Å²) in [6, 6.07) is 9.50. The third kappa shape index (κ3) is 2.10. The van der Waals surface area contributed by atoms with Crippen LogP contribution in [0.25, 0.3) is 26.0 Å². The minimum absolute atomic E-state index is 0.142. The maximum absolute atomic E-state index is 12.8. The smallest absolute Gasteiger partial charge is 0.289 e. The van der Waals surface area contributed by atoms with E-state index in [1.165, 1.54) is 16.0 Å². The van der Waals surface area contributed by atoms with Gasteiger partial charge in [-0.1, -0.05) is 17.7 Å². The van der Waals surface area contributed by atoms with Crippen LogP contribution in [0.4, 0.5) is 0 Å². The Balaban J connectivity index is 2.04. The number of ether oxygens (including phenoxy) is 1. The minimum Gasteiger partial charge on any atom is -0.496 e. The lowest BCUT2D eigenvalue weighted by Crippen LogP contribution is -2.19. The molecule has 0 spiro atoms. The second-order valence-corrected chi connectivity index (χ2v) is 6.23. The molecular formula is C17H13N3O2S. The molecule has 0 bridgehead atoms. The van der Waals surface area contributed by atoms with Crippen LogP contribution >= 0.6 is 11.3 Å². The second kappa shape index (κ2) is 5.17. The Labute approximate surface area is 135 Å². The topological polar surface area (TPSA) is 57.0 Å². The van der Waals surface area contributed by atoms with E-state index < -0.39 is 0 Å². The number of nitrogens with zero attached hydrogens (tertiary/aromatic N) is 3. The number of pyridine rings is 1. The molecule has 0 atom stereocenters. The van der Waals surface area contributed by atoms with Crippen molar-refractivity contribution < 1.29 is 4.74 Å². The van der Waals surface area contributed by atoms with Crippen LogP contribution in [0.2, 0.25) is 0 Å². The summed E-state index contributed by atoms with van der Waals surface area (Å²) in [4.78, 5) is 17.9. The van der Waals surface area contributed by atoms with Crippen LogP contribution in [0.1, 0.15) is 5.56 Å². The van der Waals surface area contributed by atoms with Gasteiger partial charge in [0, 0.05) is 11.6 Å². The fraction of sp³-hybridized carbons (Fsp3) is 0.118. The first-order chi connectivity index (χ1) is 11.2. The van der Waals surface area contributed by atoms with E-state index in [2.05, 4.69) is 10.1 Å². The zero-order valence-electron chi connectivity index (χ0n) is 12.6. The molecule has 0 unspecified atom stereocenters. The van der Waals surface area contributed by atoms with Gasteiger partial charge in [-0.25, -0.2) is 4.98 Å². The number of aromatic nitrogens is 3. The Morgan fingerprint density at radius 3 is 2.70 bits per heavy atom. The fourth-order valence-electron chi connectivity index (χ4n) is 2.60. The van der Waals surface area contributed by atoms with E-state index in [0.717, 1.165) is 26.9 Å². The SMILES string of the molecule is COc1ccnc2sc3c(=O)n(-c4ccc(C)cc4)ncc3c12. The second-order valence-electron chi connectivity index (χ2n) is 5.24. The van der Waals surface area contributed by atoms with Crippen LogP contribution in [0.5, 0.6) is 5.75 Å². The lowest BCUT2D eigenvalue weighted by molar-refractivity contribution is 0.420. The van der Waals surface area contributed by atoms with Crippen LogP contribution in [0.3, 0.4) is 0 Å². The van der Waals surface area contributed by atoms with Crippen LogP contribution in [0, 0.1) is 6.92 Å². The molecule has 0 saturated heterocycles. The number of hydrogen-bond donors (Lipinski definition) is 0. The quantitative estimate of drug-likeness (QED) is 0.568. The predicted octanol–water partition coefficient (Wildman–Crippen LogP) is 3.31. The van der Waals surface area contributed by atoms with Crippen molar-refractivity contribution in [2.24, 2.45) is 0 Å². The maximum atomic E-state index is 12.8. The van der Waals surface area contributed by atoms with E-state index in [0.29, 0.717) is 10.4 Å². The van der Waals surface area contributed by atoms with Gasteiger partial charge in [-0.15, -0.1) is 11.3 Å². The van der Waals surface area contributed by atoms with Crippen molar-refractivity contribution in [3.05, 3.63) is 58.6 Å². The van der Waals surface area contributed by atoms with Crippen molar-refractivity contribution in [1.29, 1.82) is 0 Å². The summed E-state index contributed by atoms with van der Waals surface area (Å²) >= 11 is 1.37. The highest BCUT2D eigenvalue weighted by Gasteiger charge is 2.15. The van der Waals surface area contributed by atoms with Crippen LogP contribution in [-0.4, -0.2) is 21.9 Å². The number of aryl methyl sites for hydroxylation is 1. The van der Waals surface area contributed by atoms with Crippen molar-refractivity contribution >= 4 is 31.6 Å². The van der Waals surface area contributed by atoms with Gasteiger partial charge >= 0.3 is 0 Å². The molecule has 0 saturated carbocycles. The van der Waals surface area contributed by atoms with Crippen molar-refractivity contribution in [2.45, 2.75) is 6.92 Å². The zero-order chi connectivity index (χ0) is 16.0. The number of benzene rings is 1. The van der Waals surface area contributed by atoms with Gasteiger partial charge in [0.05, 0.1) is 24.4 Å². The largest absolute Gasteiger partial charge is 0.496 e. The lowest BCUT2D eigenvalue weighted by Gasteiger charge is -2.05. The number of hydrogen-bond acceptors (Lipinski definition) is 5. The maximum Gasteiger partial charge on any atom is 0.289 e. The first-order valence-electron chi connectivity index (χ1n) is 7.09. The average molecular weight is 323 g/mol. The van der Waals surface area contributed by atoms with Gasteiger partial charge in [0.1, 0.15) is 15.3 Å². The van der Waals surface area contributed by atoms with Gasteiger partial charge in [0.25, 0.3) is 5.56 Å². The molecular weight excluding hydrogens is 310 g/mol. The summed E-state index contributed by atoms with van der Waals surface area (Å²) in [5.74, 6) is 0.704. The van der Waals surface area contributed by atoms with Crippen LogP contribution in [-0.2, 0) is 0 Å². The number of rotatable bonds is 2. The van der Waals surface area contributed by atoms with Gasteiger partial charge in [0.2, 0.25) is 0 Å². The van der Waals surface area contributed by atoms with E-state index in [4.69, 9.17) is 4.74 Å². The van der Waals surface area contributed by atoms with Gasteiger partial charge in [-0.05, 0) is 25.1 Å². The lowest BCUT2D eigenvalue weighted by atomic mass is 10.2. The van der Waals surface area contributed by atoms with Gasteiger partial charge in [-0.2, -0.15) is 9.78 Å². The molecule has 0 aliphatic rings. The molecule has 0 fully saturated rings. The van der Waals surface area contributed by atoms with E-state index in [1.54, 1.807) is 25.6 Å². The predicted molar refractivity (Wildman–Crippen MR) is 91.8 cm³/mol. The Morgan fingerprint density at radius 1 is 1.17 bits per heavy atom. The normalized spacial score (nSPS) is 11.2. The van der Waals surface area contributed by atoms with Gasteiger partial charge in [-0.3, -0.25) is 4.79 Å². The van der Waals surface area contributed by atoms with Crippen molar-refractivity contribution in [2.75, 3.05) is 7.11 Å². The molecule has 1 aromatic carbocycles. The van der Waals surface area contributed by atoms with Crippen molar-refractivity contribution in [1.82, 2.24) is 14.8 Å². The molecule has 0 amide bonds. The molecule has 23 heavy (non-hydrogen) atoms. The van der Waals surface area contributed by atoms with Crippen LogP contribution < -0.4 is 10.3 Å². The molecule has 114 valence electrons. The summed E-state index contributed by atoms with van der Waals surface area (Å²) in [6.45, 7) is 2.01. The summed E-state index contributed by atoms with van der Waals surface area (Å²) in [7, 11) is 1.61. The zero-order valence-corrected chi connectivity index (χ0v) is 13.4. The van der Waals surface area contributed by atoms with E-state index in [1.807, 2.05) is 31.2 Å². The molecule has 0 N–H and O–H groups in total. The summed E-state index contributed by atoms with van der Waals surface area (Å²) in [6.07, 6.45) is 3.39. The number of methoxy groups -OCH3 is 1. The van der Waals surface area contributed by atoms with Gasteiger partial charge < -0.3 is 4.74 Å². The summed E-state index contributed by atoms with van der Waals surface area (Å²) in [5, 5.41) is 5.96. The fourth-order valence-corrected chi connectivity index (χ4v) is 3.66. The first-order valence-corrected chi connectivity index (χ1v) is 7.91. The third-order valence-corrected chi connectivity index (χ3v) is 4.88. The average Bonchev–Trinajstić information content (AvgIpc) is 2.96. The van der Waals surface area contributed by atoms with E-state index in [9.17, 15) is 4.79 Å². The highest BCUT2D eigenvalue weighted by molar-refractivity contribution is 7.25. The molecule has 6 heteroatoms. The monoisotopic (exact) mass is 323 g/mol. The molecule has 5 nitrogen and oxygen atoms in total. The molecule has 4 rings (SSSR count). The van der Waals surface area contributed by atoms with E-state index in [-0.39, 0.29) is 5.56 Å². The molecule has 0 radical (unpaired) electrons. The Hall–Kier alpha value is -2.73. The van der Waals surface area contributed by atoms with E-state index >= 15 is 0 Å². The third-order valence-electron chi connectivity index (χ3n) is 3.78. The number of fused-ring (bicyclic) bond motifs is 3. The Morgan fingerprint density at radius 2 is 1.96 bits per heavy atom. The first kappa shape index (κ1) is 13.9. The number of thiophene rings is 1. The Kier molecular flexibility index (Phi) is 3.12. The molecule has 3 aromatic heterocycles. The Bertz CT molecular complexity index is 1080. The minimum atomic E-state index is -0.142. The van der Waals surface area contributed by atoms with Gasteiger partial charge in [0.15, 0.2) is 0 Å². The van der Waals surface area contributed by atoms with Crippen molar-refractivity contribution in [3.63, 3.8) is 0 Å². The summed E-state index contributed by atoms with van der Waals surface area (Å²) in [5.41, 5.74) is 1.75. The molecule has 0 aliphatic carbocycles. The van der Waals surface area contributed by atoms with Crippen molar-refractivity contribution in [3.8, 4) is 11.4 Å². The molecule has 3 heterocycles. The summed E-state index contributed by atoms with van der Waals surface area (Å²) < 4.78 is 7.44. The highest BCUT2D eigenvalue weighted by Crippen LogP contribution is 2.35. The standard InChI is InChI=1S/C17H13N3O2S/c1-10-3-5-11(6-4-10)20-17(21)15-12(9-19-20)14-13(22-2)7-8-18-16(14)23-15/h3-9H,1-2H3. The van der Waals surface area contributed by atoms with Crippen LogP contribution in [0.15, 0.2) is 47.5 Å².